The molecule has 0 saturated heterocycles. The molecule has 110 valence electrons. The number of hydrogen-bond donors (Lipinski definition) is 1. The first-order valence-electron chi connectivity index (χ1n) is 6.96. The highest BCUT2D eigenvalue weighted by molar-refractivity contribution is 5.91. The minimum Gasteiger partial charge on any atom is -0.347 e. The zero-order chi connectivity index (χ0) is 15.2. The van der Waals surface area contributed by atoms with E-state index in [2.05, 4.69) is 10.4 Å². The number of amides is 1. The zero-order valence-electron chi connectivity index (χ0n) is 12.2. The number of aromatic nitrogens is 2. The highest BCUT2D eigenvalue weighted by Crippen LogP contribution is 2.00. The van der Waals surface area contributed by atoms with Crippen LogP contribution in [0.5, 0.6) is 0 Å². The minimum absolute atomic E-state index is 0.191. The van der Waals surface area contributed by atoms with Crippen molar-refractivity contribution in [1.82, 2.24) is 15.1 Å². The van der Waals surface area contributed by atoms with Crippen LogP contribution in [-0.2, 0) is 13.1 Å². The molecule has 0 spiro atoms. The van der Waals surface area contributed by atoms with Crippen molar-refractivity contribution in [3.63, 3.8) is 0 Å². The van der Waals surface area contributed by atoms with Crippen molar-refractivity contribution in [2.45, 2.75) is 26.9 Å². The van der Waals surface area contributed by atoms with E-state index in [9.17, 15) is 9.59 Å². The summed E-state index contributed by atoms with van der Waals surface area (Å²) in [5.74, 6) is 0.00851. The van der Waals surface area contributed by atoms with Gasteiger partial charge in [0.1, 0.15) is 5.69 Å². The van der Waals surface area contributed by atoms with Gasteiger partial charge in [-0.05, 0) is 17.5 Å². The maximum atomic E-state index is 12.1. The topological polar surface area (TPSA) is 64.0 Å². The van der Waals surface area contributed by atoms with E-state index in [0.29, 0.717) is 13.1 Å². The minimum atomic E-state index is -0.281. The van der Waals surface area contributed by atoms with E-state index in [1.807, 2.05) is 44.2 Å². The summed E-state index contributed by atoms with van der Waals surface area (Å²) in [7, 11) is 0. The Morgan fingerprint density at radius 1 is 1.19 bits per heavy atom. The fourth-order valence-electron chi connectivity index (χ4n) is 1.92. The molecule has 1 aromatic carbocycles. The third-order valence-corrected chi connectivity index (χ3v) is 2.93. The lowest BCUT2D eigenvalue weighted by Crippen LogP contribution is -2.30. The lowest BCUT2D eigenvalue weighted by atomic mass is 10.2. The number of nitrogens with zero attached hydrogens (tertiary/aromatic N) is 2. The maximum absolute atomic E-state index is 12.1. The molecule has 0 radical (unpaired) electrons. The lowest BCUT2D eigenvalue weighted by Gasteiger charge is -2.09. The maximum Gasteiger partial charge on any atom is 0.271 e. The summed E-state index contributed by atoms with van der Waals surface area (Å²) >= 11 is 0. The standard InChI is InChI=1S/C16H19N3O2/c1-12(2)11-19-15(20)9-8-14(18-19)16(21)17-10-13-6-4-3-5-7-13/h3-9,12H,10-11H2,1-2H3,(H,17,21). The van der Waals surface area contributed by atoms with Gasteiger partial charge in [-0.2, -0.15) is 5.10 Å². The van der Waals surface area contributed by atoms with Crippen LogP contribution < -0.4 is 10.9 Å². The number of carbonyl (C=O) groups excluding carboxylic acids is 1. The van der Waals surface area contributed by atoms with Crippen LogP contribution in [0.2, 0.25) is 0 Å². The van der Waals surface area contributed by atoms with Crippen molar-refractivity contribution in [3.05, 3.63) is 64.1 Å². The third-order valence-electron chi connectivity index (χ3n) is 2.93. The summed E-state index contributed by atoms with van der Waals surface area (Å²) in [5, 5.41) is 6.92. The highest BCUT2D eigenvalue weighted by atomic mass is 16.2. The first kappa shape index (κ1) is 15.0. The van der Waals surface area contributed by atoms with Gasteiger partial charge in [-0.15, -0.1) is 0 Å². The first-order valence-corrected chi connectivity index (χ1v) is 6.96. The molecule has 5 heteroatoms. The van der Waals surface area contributed by atoms with Crippen LogP contribution in [0.25, 0.3) is 0 Å². The summed E-state index contributed by atoms with van der Waals surface area (Å²) < 4.78 is 1.34. The molecule has 1 heterocycles. The van der Waals surface area contributed by atoms with Gasteiger partial charge in [0.15, 0.2) is 0 Å². The summed E-state index contributed by atoms with van der Waals surface area (Å²) in [4.78, 5) is 23.8. The highest BCUT2D eigenvalue weighted by Gasteiger charge is 2.10. The van der Waals surface area contributed by atoms with Crippen LogP contribution in [0.15, 0.2) is 47.3 Å². The summed E-state index contributed by atoms with van der Waals surface area (Å²) in [5.41, 5.74) is 1.08. The number of rotatable bonds is 5. The van der Waals surface area contributed by atoms with Gasteiger partial charge in [0, 0.05) is 19.2 Å². The number of carbonyl (C=O) groups is 1. The van der Waals surface area contributed by atoms with Crippen LogP contribution in [0.1, 0.15) is 29.9 Å². The van der Waals surface area contributed by atoms with Crippen LogP contribution in [0, 0.1) is 5.92 Å². The molecule has 21 heavy (non-hydrogen) atoms. The molecule has 1 aromatic heterocycles. The molecule has 5 nitrogen and oxygen atoms in total. The molecule has 0 unspecified atom stereocenters. The van der Waals surface area contributed by atoms with E-state index < -0.39 is 0 Å². The van der Waals surface area contributed by atoms with E-state index in [1.54, 1.807) is 0 Å². The van der Waals surface area contributed by atoms with E-state index in [0.717, 1.165) is 5.56 Å². The van der Waals surface area contributed by atoms with Crippen molar-refractivity contribution >= 4 is 5.91 Å². The zero-order valence-corrected chi connectivity index (χ0v) is 12.2. The van der Waals surface area contributed by atoms with Gasteiger partial charge in [-0.3, -0.25) is 9.59 Å². The second kappa shape index (κ2) is 6.83. The third kappa shape index (κ3) is 4.27. The molecule has 0 aliphatic rings. The largest absolute Gasteiger partial charge is 0.347 e. The molecule has 2 rings (SSSR count). The van der Waals surface area contributed by atoms with Crippen molar-refractivity contribution in [2.24, 2.45) is 5.92 Å². The number of benzene rings is 1. The smallest absolute Gasteiger partial charge is 0.271 e. The monoisotopic (exact) mass is 285 g/mol. The van der Waals surface area contributed by atoms with Crippen molar-refractivity contribution in [3.8, 4) is 0 Å². The SMILES string of the molecule is CC(C)Cn1nc(C(=O)NCc2ccccc2)ccc1=O. The molecule has 0 bridgehead atoms. The summed E-state index contributed by atoms with van der Waals surface area (Å²) in [6, 6.07) is 12.5. The lowest BCUT2D eigenvalue weighted by molar-refractivity contribution is 0.0943. The van der Waals surface area contributed by atoms with Crippen LogP contribution in [-0.4, -0.2) is 15.7 Å². The van der Waals surface area contributed by atoms with Gasteiger partial charge >= 0.3 is 0 Å². The molecule has 2 aromatic rings. The molecule has 0 atom stereocenters. The molecular weight excluding hydrogens is 266 g/mol. The van der Waals surface area contributed by atoms with Crippen molar-refractivity contribution in [1.29, 1.82) is 0 Å². The quantitative estimate of drug-likeness (QED) is 0.911. The molecule has 0 aliphatic heterocycles. The number of nitrogens with one attached hydrogen (secondary N) is 1. The van der Waals surface area contributed by atoms with Gasteiger partial charge in [0.2, 0.25) is 0 Å². The Hall–Kier alpha value is -2.43. The van der Waals surface area contributed by atoms with Gasteiger partial charge in [0.05, 0.1) is 0 Å². The summed E-state index contributed by atoms with van der Waals surface area (Å²) in [6.45, 7) is 4.93. The Bertz CT molecular complexity index is 663. The van der Waals surface area contributed by atoms with E-state index in [1.165, 1.54) is 16.8 Å². The molecule has 0 saturated carbocycles. The fourth-order valence-corrected chi connectivity index (χ4v) is 1.92. The Balaban J connectivity index is 2.07. The Labute approximate surface area is 123 Å². The number of hydrogen-bond acceptors (Lipinski definition) is 3. The summed E-state index contributed by atoms with van der Waals surface area (Å²) in [6.07, 6.45) is 0. The van der Waals surface area contributed by atoms with Crippen LogP contribution >= 0.6 is 0 Å². The normalized spacial score (nSPS) is 10.6. The molecule has 1 amide bonds. The Morgan fingerprint density at radius 2 is 1.90 bits per heavy atom. The molecular formula is C16H19N3O2. The van der Waals surface area contributed by atoms with E-state index in [4.69, 9.17) is 0 Å². The molecule has 1 N–H and O–H groups in total. The second-order valence-electron chi connectivity index (χ2n) is 5.30. The van der Waals surface area contributed by atoms with Crippen molar-refractivity contribution in [2.75, 3.05) is 0 Å². The predicted octanol–water partition coefficient (Wildman–Crippen LogP) is 1.83. The van der Waals surface area contributed by atoms with Gasteiger partial charge in [-0.1, -0.05) is 44.2 Å². The van der Waals surface area contributed by atoms with Gasteiger partial charge < -0.3 is 5.32 Å². The average molecular weight is 285 g/mol. The Kier molecular flexibility index (Phi) is 4.87. The van der Waals surface area contributed by atoms with E-state index in [-0.39, 0.29) is 23.1 Å². The average Bonchev–Trinajstić information content (AvgIpc) is 2.47. The molecule has 0 aliphatic carbocycles. The van der Waals surface area contributed by atoms with Gasteiger partial charge in [-0.25, -0.2) is 4.68 Å². The molecule has 0 fully saturated rings. The fraction of sp³-hybridized carbons (Fsp3) is 0.312. The Morgan fingerprint density at radius 3 is 2.57 bits per heavy atom. The van der Waals surface area contributed by atoms with Gasteiger partial charge in [0.25, 0.3) is 11.5 Å². The first-order chi connectivity index (χ1) is 10.1. The predicted molar refractivity (Wildman–Crippen MR) is 80.9 cm³/mol. The van der Waals surface area contributed by atoms with Crippen LogP contribution in [0.4, 0.5) is 0 Å². The second-order valence-corrected chi connectivity index (χ2v) is 5.30. The van der Waals surface area contributed by atoms with Crippen molar-refractivity contribution < 1.29 is 4.79 Å². The van der Waals surface area contributed by atoms with Crippen LogP contribution in [0.3, 0.4) is 0 Å². The van der Waals surface area contributed by atoms with E-state index >= 15 is 0 Å².